The monoisotopic (exact) mass is 235 g/mol. The molecule has 0 aliphatic carbocycles. The Morgan fingerprint density at radius 3 is 2.88 bits per heavy atom. The van der Waals surface area contributed by atoms with Crippen LogP contribution in [0.2, 0.25) is 0 Å². The topological polar surface area (TPSA) is 58.3 Å². The predicted octanol–water partition coefficient (Wildman–Crippen LogP) is 0.898. The van der Waals surface area contributed by atoms with Gasteiger partial charge in [-0.15, -0.1) is 0 Å². The zero-order valence-electron chi connectivity index (χ0n) is 10.8. The van der Waals surface area contributed by atoms with Crippen molar-refractivity contribution in [1.82, 2.24) is 14.9 Å². The average Bonchev–Trinajstić information content (AvgIpc) is 2.63. The standard InChI is InChI=1S/C12H21N5/c1-9-7-11(15-12(13)14-9)17-6-4-5-10(17)8-16(2)3/h7,10H,4-6,8H2,1-3H3,(H2,13,14,15). The first kappa shape index (κ1) is 12.1. The van der Waals surface area contributed by atoms with Gasteiger partial charge in [-0.25, -0.2) is 4.98 Å². The Hall–Kier alpha value is -1.36. The Kier molecular flexibility index (Phi) is 3.47. The van der Waals surface area contributed by atoms with E-state index in [2.05, 4.69) is 33.9 Å². The summed E-state index contributed by atoms with van der Waals surface area (Å²) in [5, 5.41) is 0. The van der Waals surface area contributed by atoms with Crippen molar-refractivity contribution < 1.29 is 0 Å². The molecule has 0 saturated carbocycles. The van der Waals surface area contributed by atoms with E-state index in [1.54, 1.807) is 0 Å². The van der Waals surface area contributed by atoms with Crippen molar-refractivity contribution in [2.45, 2.75) is 25.8 Å². The summed E-state index contributed by atoms with van der Waals surface area (Å²) in [5.41, 5.74) is 6.65. The number of anilines is 2. The summed E-state index contributed by atoms with van der Waals surface area (Å²) in [4.78, 5) is 13.0. The van der Waals surface area contributed by atoms with E-state index < -0.39 is 0 Å². The Labute approximate surface area is 103 Å². The van der Waals surface area contributed by atoms with Crippen molar-refractivity contribution in [2.24, 2.45) is 0 Å². The van der Waals surface area contributed by atoms with Crippen molar-refractivity contribution in [3.63, 3.8) is 0 Å². The maximum Gasteiger partial charge on any atom is 0.222 e. The van der Waals surface area contributed by atoms with Crippen LogP contribution in [-0.4, -0.2) is 48.1 Å². The van der Waals surface area contributed by atoms with Gasteiger partial charge in [-0.3, -0.25) is 0 Å². The second-order valence-corrected chi connectivity index (χ2v) is 4.98. The number of hydrogen-bond donors (Lipinski definition) is 1. The van der Waals surface area contributed by atoms with Crippen LogP contribution in [-0.2, 0) is 0 Å². The molecule has 2 N–H and O–H groups in total. The predicted molar refractivity (Wildman–Crippen MR) is 70.1 cm³/mol. The van der Waals surface area contributed by atoms with Crippen LogP contribution in [0.15, 0.2) is 6.07 Å². The van der Waals surface area contributed by atoms with E-state index in [-0.39, 0.29) is 0 Å². The second-order valence-electron chi connectivity index (χ2n) is 4.98. The van der Waals surface area contributed by atoms with E-state index in [1.165, 1.54) is 12.8 Å². The van der Waals surface area contributed by atoms with Gasteiger partial charge in [0.2, 0.25) is 5.95 Å². The minimum atomic E-state index is 0.371. The molecule has 0 spiro atoms. The largest absolute Gasteiger partial charge is 0.368 e. The molecule has 1 unspecified atom stereocenters. The molecule has 1 aliphatic heterocycles. The number of nitrogen functional groups attached to an aromatic ring is 1. The summed E-state index contributed by atoms with van der Waals surface area (Å²) in [6.07, 6.45) is 2.45. The van der Waals surface area contributed by atoms with Crippen molar-refractivity contribution in [2.75, 3.05) is 37.8 Å². The molecular weight excluding hydrogens is 214 g/mol. The number of hydrogen-bond acceptors (Lipinski definition) is 5. The molecule has 1 aromatic heterocycles. The number of nitrogens with zero attached hydrogens (tertiary/aromatic N) is 4. The molecule has 1 aromatic rings. The minimum Gasteiger partial charge on any atom is -0.368 e. The van der Waals surface area contributed by atoms with E-state index in [4.69, 9.17) is 5.73 Å². The molecule has 1 saturated heterocycles. The second kappa shape index (κ2) is 4.87. The van der Waals surface area contributed by atoms with Gasteiger partial charge >= 0.3 is 0 Å². The van der Waals surface area contributed by atoms with E-state index in [1.807, 2.05) is 13.0 Å². The number of aryl methyl sites for hydroxylation is 1. The molecule has 5 heteroatoms. The Morgan fingerprint density at radius 2 is 2.24 bits per heavy atom. The third kappa shape index (κ3) is 2.85. The van der Waals surface area contributed by atoms with Crippen LogP contribution >= 0.6 is 0 Å². The van der Waals surface area contributed by atoms with Crippen molar-refractivity contribution in [3.05, 3.63) is 11.8 Å². The van der Waals surface area contributed by atoms with Gasteiger partial charge in [-0.1, -0.05) is 0 Å². The Bertz CT molecular complexity index is 370. The molecule has 1 fully saturated rings. The van der Waals surface area contributed by atoms with Crippen LogP contribution < -0.4 is 10.6 Å². The highest BCUT2D eigenvalue weighted by molar-refractivity contribution is 5.45. The van der Waals surface area contributed by atoms with Gasteiger partial charge in [0.05, 0.1) is 0 Å². The van der Waals surface area contributed by atoms with Crippen LogP contribution in [0.5, 0.6) is 0 Å². The summed E-state index contributed by atoms with van der Waals surface area (Å²) >= 11 is 0. The molecule has 0 aromatic carbocycles. The van der Waals surface area contributed by atoms with Gasteiger partial charge in [0.15, 0.2) is 0 Å². The van der Waals surface area contributed by atoms with Gasteiger partial charge in [0, 0.05) is 30.9 Å². The number of likely N-dealkylation sites (N-methyl/N-ethyl adjacent to an activating group) is 1. The molecule has 0 amide bonds. The Balaban J connectivity index is 2.19. The lowest BCUT2D eigenvalue weighted by Gasteiger charge is -2.28. The van der Waals surface area contributed by atoms with Gasteiger partial charge in [-0.2, -0.15) is 4.98 Å². The fourth-order valence-corrected chi connectivity index (χ4v) is 2.47. The number of aromatic nitrogens is 2. The molecular formula is C12H21N5. The summed E-state index contributed by atoms with van der Waals surface area (Å²) < 4.78 is 0. The van der Waals surface area contributed by atoms with E-state index in [0.29, 0.717) is 12.0 Å². The zero-order valence-corrected chi connectivity index (χ0v) is 10.8. The average molecular weight is 235 g/mol. The lowest BCUT2D eigenvalue weighted by molar-refractivity contribution is 0.371. The molecule has 94 valence electrons. The SMILES string of the molecule is Cc1cc(N2CCCC2CN(C)C)nc(N)n1. The molecule has 0 radical (unpaired) electrons. The summed E-state index contributed by atoms with van der Waals surface area (Å²) in [7, 11) is 4.21. The zero-order chi connectivity index (χ0) is 12.4. The first-order valence-corrected chi connectivity index (χ1v) is 6.09. The summed E-state index contributed by atoms with van der Waals surface area (Å²) in [6, 6.07) is 2.56. The maximum atomic E-state index is 5.71. The van der Waals surface area contributed by atoms with Crippen molar-refractivity contribution in [1.29, 1.82) is 0 Å². The highest BCUT2D eigenvalue weighted by Gasteiger charge is 2.26. The fourth-order valence-electron chi connectivity index (χ4n) is 2.47. The first-order chi connectivity index (χ1) is 8.06. The van der Waals surface area contributed by atoms with Gasteiger partial charge in [-0.05, 0) is 33.9 Å². The summed E-state index contributed by atoms with van der Waals surface area (Å²) in [6.45, 7) is 4.08. The van der Waals surface area contributed by atoms with E-state index >= 15 is 0 Å². The van der Waals surface area contributed by atoms with Gasteiger partial charge in [0.1, 0.15) is 5.82 Å². The lowest BCUT2D eigenvalue weighted by Crippen LogP contribution is -2.38. The third-order valence-corrected chi connectivity index (χ3v) is 3.11. The molecule has 17 heavy (non-hydrogen) atoms. The molecule has 5 nitrogen and oxygen atoms in total. The van der Waals surface area contributed by atoms with Crippen LogP contribution in [0.3, 0.4) is 0 Å². The van der Waals surface area contributed by atoms with Crippen LogP contribution in [0.1, 0.15) is 18.5 Å². The molecule has 0 bridgehead atoms. The normalized spacial score (nSPS) is 20.2. The van der Waals surface area contributed by atoms with E-state index in [9.17, 15) is 0 Å². The molecule has 1 aliphatic rings. The van der Waals surface area contributed by atoms with Crippen molar-refractivity contribution >= 4 is 11.8 Å². The van der Waals surface area contributed by atoms with Gasteiger partial charge in [0.25, 0.3) is 0 Å². The van der Waals surface area contributed by atoms with Crippen LogP contribution in [0, 0.1) is 6.92 Å². The third-order valence-electron chi connectivity index (χ3n) is 3.11. The highest BCUT2D eigenvalue weighted by Crippen LogP contribution is 2.24. The van der Waals surface area contributed by atoms with Crippen LogP contribution in [0.4, 0.5) is 11.8 Å². The number of rotatable bonds is 3. The number of nitrogens with two attached hydrogens (primary N) is 1. The highest BCUT2D eigenvalue weighted by atomic mass is 15.3. The summed E-state index contributed by atoms with van der Waals surface area (Å²) in [5.74, 6) is 1.34. The first-order valence-electron chi connectivity index (χ1n) is 6.09. The quantitative estimate of drug-likeness (QED) is 0.843. The van der Waals surface area contributed by atoms with E-state index in [0.717, 1.165) is 24.6 Å². The molecule has 2 heterocycles. The van der Waals surface area contributed by atoms with Crippen molar-refractivity contribution in [3.8, 4) is 0 Å². The fraction of sp³-hybridized carbons (Fsp3) is 0.667. The minimum absolute atomic E-state index is 0.371. The molecule has 2 rings (SSSR count). The van der Waals surface area contributed by atoms with Gasteiger partial charge < -0.3 is 15.5 Å². The Morgan fingerprint density at radius 1 is 1.47 bits per heavy atom. The molecule has 1 atom stereocenters. The van der Waals surface area contributed by atoms with Crippen LogP contribution in [0.25, 0.3) is 0 Å². The lowest BCUT2D eigenvalue weighted by atomic mass is 10.2. The smallest absolute Gasteiger partial charge is 0.222 e. The maximum absolute atomic E-state index is 5.71.